The average molecular weight is 352 g/mol. The van der Waals surface area contributed by atoms with Crippen molar-refractivity contribution in [3.63, 3.8) is 0 Å². The number of fused-ring (bicyclic) bond motifs is 2. The van der Waals surface area contributed by atoms with Gasteiger partial charge in [0.25, 0.3) is 5.91 Å². The molecule has 1 aromatic heterocycles. The maximum absolute atomic E-state index is 12.3. The van der Waals surface area contributed by atoms with Crippen LogP contribution in [0.3, 0.4) is 0 Å². The number of carbonyl (C=O) groups excluding carboxylic acids is 2. The van der Waals surface area contributed by atoms with Crippen LogP contribution < -0.4 is 5.32 Å². The van der Waals surface area contributed by atoms with Crippen LogP contribution in [0.2, 0.25) is 0 Å². The molecule has 0 aliphatic carbocycles. The molecule has 0 saturated carbocycles. The van der Waals surface area contributed by atoms with Crippen molar-refractivity contribution in [1.29, 1.82) is 0 Å². The number of nitrogens with one attached hydrogen (secondary N) is 1. The van der Waals surface area contributed by atoms with Crippen molar-refractivity contribution in [2.75, 3.05) is 6.54 Å². The number of cyclic esters (lactones) is 1. The summed E-state index contributed by atoms with van der Waals surface area (Å²) in [7, 11) is 0. The quantitative estimate of drug-likeness (QED) is 0.733. The Kier molecular flexibility index (Phi) is 4.19. The molecule has 126 valence electrons. The summed E-state index contributed by atoms with van der Waals surface area (Å²) in [6, 6.07) is 15.2. The number of para-hydroxylation sites is 1. The third-order valence-electron chi connectivity index (χ3n) is 4.16. The molecule has 0 saturated heterocycles. The normalized spacial score (nSPS) is 16.3. The van der Waals surface area contributed by atoms with Gasteiger partial charge in [-0.2, -0.15) is 0 Å². The Balaban J connectivity index is 1.36. The Bertz CT molecular complexity index is 918. The minimum Gasteiger partial charge on any atom is -0.448 e. The summed E-state index contributed by atoms with van der Waals surface area (Å²) in [5.74, 6) is -0.697. The van der Waals surface area contributed by atoms with Gasteiger partial charge in [-0.1, -0.05) is 30.3 Å². The van der Waals surface area contributed by atoms with Crippen LogP contribution in [0.25, 0.3) is 10.2 Å². The number of benzene rings is 2. The van der Waals surface area contributed by atoms with E-state index < -0.39 is 12.1 Å². The molecule has 0 fully saturated rings. The smallest absolute Gasteiger partial charge is 0.339 e. The molecule has 3 aromatic rings. The number of thiazole rings is 1. The summed E-state index contributed by atoms with van der Waals surface area (Å²) < 4.78 is 6.40. The number of hydrogen-bond donors (Lipinski definition) is 1. The van der Waals surface area contributed by atoms with E-state index in [-0.39, 0.29) is 5.91 Å². The number of nitrogens with zero attached hydrogens (tertiary/aromatic N) is 1. The van der Waals surface area contributed by atoms with E-state index in [4.69, 9.17) is 4.74 Å². The molecule has 25 heavy (non-hydrogen) atoms. The zero-order chi connectivity index (χ0) is 17.2. The highest BCUT2D eigenvalue weighted by Gasteiger charge is 2.30. The van der Waals surface area contributed by atoms with Crippen LogP contribution >= 0.6 is 11.3 Å². The van der Waals surface area contributed by atoms with E-state index in [9.17, 15) is 9.59 Å². The number of aromatic nitrogens is 1. The van der Waals surface area contributed by atoms with Crippen LogP contribution in [0.15, 0.2) is 48.5 Å². The molecule has 1 aliphatic rings. The summed E-state index contributed by atoms with van der Waals surface area (Å²) >= 11 is 1.63. The third-order valence-corrected chi connectivity index (χ3v) is 5.26. The Morgan fingerprint density at radius 1 is 1.20 bits per heavy atom. The van der Waals surface area contributed by atoms with Gasteiger partial charge in [0.05, 0.1) is 20.8 Å². The van der Waals surface area contributed by atoms with Gasteiger partial charge in [0.15, 0.2) is 6.10 Å². The highest BCUT2D eigenvalue weighted by molar-refractivity contribution is 7.18. The molecule has 1 amide bonds. The highest BCUT2D eigenvalue weighted by Crippen LogP contribution is 2.22. The lowest BCUT2D eigenvalue weighted by atomic mass is 9.98. The van der Waals surface area contributed by atoms with Gasteiger partial charge in [-0.15, -0.1) is 11.3 Å². The number of carbonyl (C=O) groups is 2. The number of esters is 1. The van der Waals surface area contributed by atoms with Gasteiger partial charge in [0.1, 0.15) is 0 Å². The zero-order valence-electron chi connectivity index (χ0n) is 13.4. The number of amides is 1. The Morgan fingerprint density at radius 3 is 2.88 bits per heavy atom. The number of rotatable bonds is 4. The van der Waals surface area contributed by atoms with E-state index in [1.165, 1.54) is 0 Å². The van der Waals surface area contributed by atoms with E-state index in [1.807, 2.05) is 36.4 Å². The number of ether oxygens (including phenoxy) is 1. The lowest BCUT2D eigenvalue weighted by Gasteiger charge is -2.23. The SMILES string of the molecule is O=C1OC(C(=O)NCCc2nc3ccccc3s2)Cc2ccccc21. The molecule has 1 aliphatic heterocycles. The standard InChI is InChI=1S/C19H16N2O3S/c22-18(15-11-12-5-1-2-6-13(12)19(23)24-15)20-10-9-17-21-14-7-3-4-8-16(14)25-17/h1-8,15H,9-11H2,(H,20,22). The summed E-state index contributed by atoms with van der Waals surface area (Å²) in [5.41, 5.74) is 2.37. The molecule has 1 atom stereocenters. The molecular formula is C19H16N2O3S. The summed E-state index contributed by atoms with van der Waals surface area (Å²) in [5, 5.41) is 3.83. The molecule has 6 heteroatoms. The second-order valence-electron chi connectivity index (χ2n) is 5.87. The van der Waals surface area contributed by atoms with Gasteiger partial charge in [0, 0.05) is 19.4 Å². The van der Waals surface area contributed by atoms with Crippen molar-refractivity contribution < 1.29 is 14.3 Å². The first-order chi connectivity index (χ1) is 12.2. The highest BCUT2D eigenvalue weighted by atomic mass is 32.1. The molecule has 1 unspecified atom stereocenters. The van der Waals surface area contributed by atoms with Crippen molar-refractivity contribution in [3.8, 4) is 0 Å². The second-order valence-corrected chi connectivity index (χ2v) is 6.99. The monoisotopic (exact) mass is 352 g/mol. The minimum absolute atomic E-state index is 0.260. The lowest BCUT2D eigenvalue weighted by molar-refractivity contribution is -0.130. The van der Waals surface area contributed by atoms with E-state index in [0.717, 1.165) is 20.8 Å². The van der Waals surface area contributed by atoms with E-state index >= 15 is 0 Å². The Morgan fingerprint density at radius 2 is 2.00 bits per heavy atom. The van der Waals surface area contributed by atoms with E-state index in [1.54, 1.807) is 23.5 Å². The van der Waals surface area contributed by atoms with Crippen LogP contribution in [0.5, 0.6) is 0 Å². The first-order valence-corrected chi connectivity index (χ1v) is 8.93. The molecule has 0 radical (unpaired) electrons. The zero-order valence-corrected chi connectivity index (χ0v) is 14.2. The predicted molar refractivity (Wildman–Crippen MR) is 95.7 cm³/mol. The van der Waals surface area contributed by atoms with Gasteiger partial charge in [-0.25, -0.2) is 9.78 Å². The molecular weight excluding hydrogens is 336 g/mol. The van der Waals surface area contributed by atoms with Crippen molar-refractivity contribution in [2.24, 2.45) is 0 Å². The average Bonchev–Trinajstić information content (AvgIpc) is 3.04. The second kappa shape index (κ2) is 6.64. The topological polar surface area (TPSA) is 68.3 Å². The molecule has 1 N–H and O–H groups in total. The van der Waals surface area contributed by atoms with Gasteiger partial charge in [-0.05, 0) is 23.8 Å². The van der Waals surface area contributed by atoms with Crippen LogP contribution in [-0.4, -0.2) is 29.5 Å². The fourth-order valence-electron chi connectivity index (χ4n) is 2.91. The fraction of sp³-hybridized carbons (Fsp3) is 0.211. The molecule has 0 bridgehead atoms. The van der Waals surface area contributed by atoms with Crippen LogP contribution in [0.4, 0.5) is 0 Å². The first-order valence-electron chi connectivity index (χ1n) is 8.12. The summed E-state index contributed by atoms with van der Waals surface area (Å²) in [6.07, 6.45) is 0.301. The third kappa shape index (κ3) is 3.25. The van der Waals surface area contributed by atoms with Crippen LogP contribution in [0, 0.1) is 0 Å². The van der Waals surface area contributed by atoms with E-state index in [2.05, 4.69) is 10.3 Å². The minimum atomic E-state index is -0.766. The maximum atomic E-state index is 12.3. The molecule has 2 heterocycles. The van der Waals surface area contributed by atoms with Gasteiger partial charge in [0.2, 0.25) is 0 Å². The molecule has 5 nitrogen and oxygen atoms in total. The van der Waals surface area contributed by atoms with Crippen molar-refractivity contribution in [3.05, 3.63) is 64.7 Å². The maximum Gasteiger partial charge on any atom is 0.339 e. The van der Waals surface area contributed by atoms with Gasteiger partial charge < -0.3 is 10.1 Å². The van der Waals surface area contributed by atoms with Crippen LogP contribution in [0.1, 0.15) is 20.9 Å². The molecule has 4 rings (SSSR count). The Hall–Kier alpha value is -2.73. The summed E-state index contributed by atoms with van der Waals surface area (Å²) in [6.45, 7) is 0.467. The van der Waals surface area contributed by atoms with E-state index in [0.29, 0.717) is 24.9 Å². The van der Waals surface area contributed by atoms with Gasteiger partial charge in [-0.3, -0.25) is 4.79 Å². The predicted octanol–water partition coefficient (Wildman–Crippen LogP) is 2.74. The van der Waals surface area contributed by atoms with Crippen LogP contribution in [-0.2, 0) is 22.4 Å². The van der Waals surface area contributed by atoms with Crippen molar-refractivity contribution in [1.82, 2.24) is 10.3 Å². The largest absolute Gasteiger partial charge is 0.448 e. The molecule has 2 aromatic carbocycles. The number of hydrogen-bond acceptors (Lipinski definition) is 5. The van der Waals surface area contributed by atoms with Gasteiger partial charge >= 0.3 is 5.97 Å². The summed E-state index contributed by atoms with van der Waals surface area (Å²) in [4.78, 5) is 28.8. The van der Waals surface area contributed by atoms with Crippen molar-refractivity contribution >= 4 is 33.4 Å². The molecule has 0 spiro atoms. The lowest BCUT2D eigenvalue weighted by Crippen LogP contribution is -2.42. The Labute approximate surface area is 148 Å². The first kappa shape index (κ1) is 15.8. The fourth-order valence-corrected chi connectivity index (χ4v) is 3.88. The van der Waals surface area contributed by atoms with Crippen molar-refractivity contribution in [2.45, 2.75) is 18.9 Å².